The van der Waals surface area contributed by atoms with E-state index < -0.39 is 0 Å². The number of benzene rings is 1. The number of nitrogens with zero attached hydrogens (tertiary/aromatic N) is 1. The first kappa shape index (κ1) is 13.6. The zero-order valence-corrected chi connectivity index (χ0v) is 11.9. The molecule has 0 saturated heterocycles. The van der Waals surface area contributed by atoms with E-state index in [4.69, 9.17) is 5.26 Å². The fourth-order valence-electron chi connectivity index (χ4n) is 1.56. The molecule has 4 heteroatoms. The lowest BCUT2D eigenvalue weighted by molar-refractivity contribution is 0.104. The van der Waals surface area contributed by atoms with Gasteiger partial charge in [-0.25, -0.2) is 0 Å². The zero-order valence-electron chi connectivity index (χ0n) is 10.3. The monoisotopic (exact) mass is 285 g/mol. The summed E-state index contributed by atoms with van der Waals surface area (Å²) < 4.78 is 0. The molecule has 0 aliphatic carbocycles. The third-order valence-electron chi connectivity index (χ3n) is 2.58. The van der Waals surface area contributed by atoms with Crippen LogP contribution in [0.3, 0.4) is 0 Å². The van der Waals surface area contributed by atoms with E-state index >= 15 is 0 Å². The Bertz CT molecular complexity index is 634. The molecule has 2 aromatic rings. The third kappa shape index (κ3) is 3.34. The van der Waals surface area contributed by atoms with Crippen LogP contribution in [0.5, 0.6) is 0 Å². The van der Waals surface area contributed by atoms with E-state index in [1.807, 2.05) is 42.0 Å². The van der Waals surface area contributed by atoms with Crippen molar-refractivity contribution in [1.29, 1.82) is 5.26 Å². The van der Waals surface area contributed by atoms with Gasteiger partial charge in [0.25, 0.3) is 0 Å². The molecular weight excluding hydrogens is 274 g/mol. The molecule has 0 aliphatic rings. The minimum absolute atomic E-state index is 0.162. The predicted octanol–water partition coefficient (Wildman–Crippen LogP) is 4.26. The van der Waals surface area contributed by atoms with E-state index in [-0.39, 0.29) is 11.4 Å². The average Bonchev–Trinajstić information content (AvgIpc) is 2.99. The largest absolute Gasteiger partial charge is 0.288 e. The second-order valence-corrected chi connectivity index (χ2v) is 5.44. The number of thiophene rings is 1. The van der Waals surface area contributed by atoms with Crippen molar-refractivity contribution >= 4 is 35.0 Å². The molecule has 19 heavy (non-hydrogen) atoms. The number of rotatable bonds is 4. The highest BCUT2D eigenvalue weighted by Gasteiger charge is 2.12. The van der Waals surface area contributed by atoms with Crippen molar-refractivity contribution in [3.05, 3.63) is 57.8 Å². The van der Waals surface area contributed by atoms with E-state index in [0.29, 0.717) is 5.56 Å². The topological polar surface area (TPSA) is 40.9 Å². The van der Waals surface area contributed by atoms with Gasteiger partial charge in [0.15, 0.2) is 0 Å². The van der Waals surface area contributed by atoms with Crippen molar-refractivity contribution in [3.8, 4) is 6.07 Å². The number of nitriles is 1. The van der Waals surface area contributed by atoms with Crippen molar-refractivity contribution in [2.24, 2.45) is 0 Å². The first-order chi connectivity index (χ1) is 9.24. The van der Waals surface area contributed by atoms with Gasteiger partial charge in [0, 0.05) is 15.8 Å². The van der Waals surface area contributed by atoms with Crippen LogP contribution < -0.4 is 0 Å². The number of thioether (sulfide) groups is 1. The van der Waals surface area contributed by atoms with Gasteiger partial charge in [-0.1, -0.05) is 12.1 Å². The highest BCUT2D eigenvalue weighted by molar-refractivity contribution is 7.98. The fraction of sp³-hybridized carbons (Fsp3) is 0.0667. The molecule has 0 atom stereocenters. The minimum Gasteiger partial charge on any atom is -0.288 e. The molecule has 0 N–H and O–H groups in total. The maximum absolute atomic E-state index is 12.1. The number of allylic oxidation sites excluding steroid dienone is 1. The molecule has 2 nitrogen and oxygen atoms in total. The van der Waals surface area contributed by atoms with E-state index in [9.17, 15) is 4.79 Å². The van der Waals surface area contributed by atoms with Crippen LogP contribution in [0.25, 0.3) is 6.08 Å². The molecule has 0 unspecified atom stereocenters. The summed E-state index contributed by atoms with van der Waals surface area (Å²) in [5.74, 6) is -0.224. The van der Waals surface area contributed by atoms with Crippen molar-refractivity contribution in [2.75, 3.05) is 6.26 Å². The summed E-state index contributed by atoms with van der Waals surface area (Å²) >= 11 is 3.10. The molecule has 0 spiro atoms. The average molecular weight is 285 g/mol. The zero-order chi connectivity index (χ0) is 13.7. The van der Waals surface area contributed by atoms with E-state index in [1.165, 1.54) is 11.3 Å². The Morgan fingerprint density at radius 1 is 1.32 bits per heavy atom. The van der Waals surface area contributed by atoms with Crippen molar-refractivity contribution in [1.82, 2.24) is 0 Å². The Morgan fingerprint density at radius 2 is 2.05 bits per heavy atom. The van der Waals surface area contributed by atoms with Crippen LogP contribution in [0.15, 0.2) is 51.6 Å². The first-order valence-electron chi connectivity index (χ1n) is 5.57. The number of hydrogen-bond donors (Lipinski definition) is 0. The van der Waals surface area contributed by atoms with Crippen molar-refractivity contribution < 1.29 is 4.79 Å². The number of ketones is 1. The van der Waals surface area contributed by atoms with Gasteiger partial charge in [-0.05, 0) is 41.5 Å². The Balaban J connectivity index is 2.28. The standard InChI is InChI=1S/C15H11NOS2/c1-18-14-4-2-11(3-5-14)8-13(9-16)15(17)12-6-7-19-10-12/h2-8,10H,1H3/b13-8+. The van der Waals surface area contributed by atoms with Gasteiger partial charge in [-0.15, -0.1) is 11.8 Å². The molecular formula is C15H11NOS2. The number of carbonyl (C=O) groups excluding carboxylic acids is 1. The van der Waals surface area contributed by atoms with Crippen LogP contribution in [-0.2, 0) is 0 Å². The third-order valence-corrected chi connectivity index (χ3v) is 4.00. The maximum atomic E-state index is 12.1. The lowest BCUT2D eigenvalue weighted by Crippen LogP contribution is -1.99. The summed E-state index contributed by atoms with van der Waals surface area (Å²) in [5.41, 5.74) is 1.59. The van der Waals surface area contributed by atoms with E-state index in [0.717, 1.165) is 10.5 Å². The van der Waals surface area contributed by atoms with Gasteiger partial charge in [0.2, 0.25) is 5.78 Å². The Hall–Kier alpha value is -1.83. The molecule has 0 amide bonds. The summed E-state index contributed by atoms with van der Waals surface area (Å²) in [6, 6.07) is 11.5. The molecule has 2 rings (SSSR count). The Labute approximate surface area is 120 Å². The molecule has 0 saturated carbocycles. The van der Waals surface area contributed by atoms with Gasteiger partial charge in [0.05, 0.1) is 0 Å². The second kappa shape index (κ2) is 6.37. The summed E-state index contributed by atoms with van der Waals surface area (Å²) in [4.78, 5) is 13.2. The van der Waals surface area contributed by atoms with Gasteiger partial charge in [-0.2, -0.15) is 16.6 Å². The number of hydrogen-bond acceptors (Lipinski definition) is 4. The van der Waals surface area contributed by atoms with Crippen LogP contribution >= 0.6 is 23.1 Å². The fourth-order valence-corrected chi connectivity index (χ4v) is 2.61. The van der Waals surface area contributed by atoms with Crippen LogP contribution in [0.1, 0.15) is 15.9 Å². The quantitative estimate of drug-likeness (QED) is 0.365. The van der Waals surface area contributed by atoms with Gasteiger partial charge < -0.3 is 0 Å². The highest BCUT2D eigenvalue weighted by atomic mass is 32.2. The normalized spacial score (nSPS) is 11.1. The summed E-state index contributed by atoms with van der Waals surface area (Å²) in [6.07, 6.45) is 3.63. The van der Waals surface area contributed by atoms with Gasteiger partial charge in [-0.3, -0.25) is 4.79 Å². The van der Waals surface area contributed by atoms with E-state index in [2.05, 4.69) is 0 Å². The molecule has 1 aromatic carbocycles. The van der Waals surface area contributed by atoms with Gasteiger partial charge >= 0.3 is 0 Å². The highest BCUT2D eigenvalue weighted by Crippen LogP contribution is 2.18. The summed E-state index contributed by atoms with van der Waals surface area (Å²) in [5, 5.41) is 12.7. The molecule has 1 heterocycles. The number of carbonyl (C=O) groups is 1. The summed E-state index contributed by atoms with van der Waals surface area (Å²) in [7, 11) is 0. The molecule has 1 aromatic heterocycles. The molecule has 0 aliphatic heterocycles. The summed E-state index contributed by atoms with van der Waals surface area (Å²) in [6.45, 7) is 0. The first-order valence-corrected chi connectivity index (χ1v) is 7.74. The second-order valence-electron chi connectivity index (χ2n) is 3.78. The van der Waals surface area contributed by atoms with Gasteiger partial charge in [0.1, 0.15) is 11.6 Å². The lowest BCUT2D eigenvalue weighted by Gasteiger charge is -1.99. The SMILES string of the molecule is CSc1ccc(/C=C(\C#N)C(=O)c2ccsc2)cc1. The maximum Gasteiger partial charge on any atom is 0.204 e. The van der Waals surface area contributed by atoms with Crippen LogP contribution in [-0.4, -0.2) is 12.0 Å². The smallest absolute Gasteiger partial charge is 0.204 e. The van der Waals surface area contributed by atoms with E-state index in [1.54, 1.807) is 29.3 Å². The van der Waals surface area contributed by atoms with Crippen molar-refractivity contribution in [2.45, 2.75) is 4.90 Å². The minimum atomic E-state index is -0.224. The molecule has 0 fully saturated rings. The number of Topliss-reactive ketones (excluding diaryl/α,β-unsaturated/α-hetero) is 1. The Kier molecular flexibility index (Phi) is 4.56. The van der Waals surface area contributed by atoms with Crippen LogP contribution in [0, 0.1) is 11.3 Å². The van der Waals surface area contributed by atoms with Crippen LogP contribution in [0.2, 0.25) is 0 Å². The lowest BCUT2D eigenvalue weighted by atomic mass is 10.0. The molecule has 94 valence electrons. The van der Waals surface area contributed by atoms with Crippen LogP contribution in [0.4, 0.5) is 0 Å². The Morgan fingerprint density at radius 3 is 2.58 bits per heavy atom. The molecule has 0 bridgehead atoms. The molecule has 0 radical (unpaired) electrons. The van der Waals surface area contributed by atoms with Crippen molar-refractivity contribution in [3.63, 3.8) is 0 Å². The predicted molar refractivity (Wildman–Crippen MR) is 80.5 cm³/mol.